The van der Waals surface area contributed by atoms with Crippen molar-refractivity contribution in [2.45, 2.75) is 12.2 Å². The third-order valence-electron chi connectivity index (χ3n) is 0.931. The van der Waals surface area contributed by atoms with E-state index in [-0.39, 0.29) is 0 Å². The monoisotopic (exact) mass is 151 g/mol. The molecule has 0 aromatic heterocycles. The number of aliphatic hydroxyl groups excluding tert-OH is 2. The predicted molar refractivity (Wildman–Crippen MR) is 29.8 cm³/mol. The first-order chi connectivity index (χ1) is 4.63. The molecule has 0 fully saturated rings. The van der Waals surface area contributed by atoms with Gasteiger partial charge in [-0.15, -0.1) is 0 Å². The average molecular weight is 151 g/mol. The summed E-state index contributed by atoms with van der Waals surface area (Å²) in [6, 6.07) is 0. The Kier molecular flexibility index (Phi) is 3.89. The molecule has 0 aliphatic heterocycles. The Morgan fingerprint density at radius 3 is 2.30 bits per heavy atom. The van der Waals surface area contributed by atoms with E-state index in [2.05, 4.69) is 10.6 Å². The van der Waals surface area contributed by atoms with Crippen molar-refractivity contribution in [1.82, 2.24) is 0 Å². The minimum absolute atomic E-state index is 0.700. The van der Waals surface area contributed by atoms with Gasteiger partial charge in [0.15, 0.2) is 6.10 Å². The van der Waals surface area contributed by atoms with Gasteiger partial charge < -0.3 is 15.9 Å². The van der Waals surface area contributed by atoms with Gasteiger partial charge in [0.05, 0.1) is 6.61 Å². The van der Waals surface area contributed by atoms with Gasteiger partial charge in [-0.25, -0.2) is 4.89 Å². The molecule has 60 valence electrons. The fourth-order valence-corrected chi connectivity index (χ4v) is 0.408. The van der Waals surface area contributed by atoms with Crippen LogP contribution in [0.4, 0.5) is 0 Å². The van der Waals surface area contributed by atoms with E-state index in [0.29, 0.717) is 0 Å². The van der Waals surface area contributed by atoms with Crippen LogP contribution >= 0.6 is 0 Å². The summed E-state index contributed by atoms with van der Waals surface area (Å²) in [4.78, 5) is 13.7. The fourth-order valence-electron chi connectivity index (χ4n) is 0.408. The topological polar surface area (TPSA) is 113 Å². The van der Waals surface area contributed by atoms with Gasteiger partial charge >= 0.3 is 0 Å². The van der Waals surface area contributed by atoms with Crippen LogP contribution in [0.15, 0.2) is 0 Å². The molecule has 5 N–H and O–H groups in total. The van der Waals surface area contributed by atoms with Crippen LogP contribution in [0, 0.1) is 0 Å². The van der Waals surface area contributed by atoms with Gasteiger partial charge in [-0.2, -0.15) is 0 Å². The molecular weight excluding hydrogens is 142 g/mol. The van der Waals surface area contributed by atoms with Crippen molar-refractivity contribution in [1.29, 1.82) is 0 Å². The number of carbonyl (C=O) groups is 1. The summed E-state index contributed by atoms with van der Waals surface area (Å²) in [6.07, 6.45) is -3.05. The van der Waals surface area contributed by atoms with Gasteiger partial charge in [0.2, 0.25) is 0 Å². The van der Waals surface area contributed by atoms with Crippen LogP contribution in [0.1, 0.15) is 0 Å². The summed E-state index contributed by atoms with van der Waals surface area (Å²) in [6.45, 7) is -0.700. The zero-order valence-electron chi connectivity index (χ0n) is 5.10. The van der Waals surface area contributed by atoms with Crippen molar-refractivity contribution < 1.29 is 25.2 Å². The summed E-state index contributed by atoms with van der Waals surface area (Å²) in [7, 11) is 0. The van der Waals surface area contributed by atoms with E-state index in [0.717, 1.165) is 0 Å². The van der Waals surface area contributed by atoms with Gasteiger partial charge in [0.25, 0.3) is 5.91 Å². The van der Waals surface area contributed by atoms with Gasteiger partial charge in [-0.05, 0) is 0 Å². The number of hydrogen-bond acceptors (Lipinski definition) is 5. The number of hydrogen-bond donors (Lipinski definition) is 4. The molecule has 0 aliphatic rings. The molecule has 10 heavy (non-hydrogen) atoms. The van der Waals surface area contributed by atoms with Crippen molar-refractivity contribution in [2.24, 2.45) is 5.73 Å². The van der Waals surface area contributed by atoms with E-state index in [9.17, 15) is 4.79 Å². The zero-order chi connectivity index (χ0) is 8.15. The highest BCUT2D eigenvalue weighted by molar-refractivity contribution is 5.79. The predicted octanol–water partition coefficient (Wildman–Crippen LogP) is -2.32. The highest BCUT2D eigenvalue weighted by atomic mass is 17.1. The maximum absolute atomic E-state index is 10.2. The number of aliphatic hydroxyl groups is 2. The largest absolute Gasteiger partial charge is 0.394 e. The quantitative estimate of drug-likeness (QED) is 0.266. The van der Waals surface area contributed by atoms with Crippen molar-refractivity contribution in [3.05, 3.63) is 0 Å². The summed E-state index contributed by atoms with van der Waals surface area (Å²) in [5.74, 6) is -1.04. The summed E-state index contributed by atoms with van der Waals surface area (Å²) in [5, 5.41) is 24.8. The maximum atomic E-state index is 10.2. The second-order valence-electron chi connectivity index (χ2n) is 1.68. The summed E-state index contributed by atoms with van der Waals surface area (Å²) < 4.78 is 0. The second-order valence-corrected chi connectivity index (χ2v) is 1.68. The normalized spacial score (nSPS) is 16.3. The van der Waals surface area contributed by atoms with Crippen LogP contribution < -0.4 is 5.73 Å². The number of amides is 1. The molecule has 2 unspecified atom stereocenters. The van der Waals surface area contributed by atoms with Crippen LogP contribution in [0.3, 0.4) is 0 Å². The molecule has 0 aromatic carbocycles. The Morgan fingerprint density at radius 1 is 1.70 bits per heavy atom. The highest BCUT2D eigenvalue weighted by Gasteiger charge is 2.24. The molecule has 0 aliphatic carbocycles. The Morgan fingerprint density at radius 2 is 2.20 bits per heavy atom. The lowest BCUT2D eigenvalue weighted by Gasteiger charge is -2.13. The fraction of sp³-hybridized carbons (Fsp3) is 0.750. The van der Waals surface area contributed by atoms with Crippen LogP contribution in [-0.4, -0.2) is 40.2 Å². The lowest BCUT2D eigenvalue weighted by molar-refractivity contribution is -0.289. The molecule has 0 heterocycles. The standard InChI is InChI=1S/C4H9NO5/c5-4(8)3(10-9)2(7)1-6/h2-3,6-7,9H,1H2,(H2,5,8). The molecular formula is C4H9NO5. The Balaban J connectivity index is 3.92. The van der Waals surface area contributed by atoms with E-state index in [1.54, 1.807) is 0 Å². The average Bonchev–Trinajstić information content (AvgIpc) is 1.88. The van der Waals surface area contributed by atoms with E-state index >= 15 is 0 Å². The number of primary amides is 1. The third kappa shape index (κ3) is 2.28. The van der Waals surface area contributed by atoms with E-state index in [4.69, 9.17) is 15.5 Å². The summed E-state index contributed by atoms with van der Waals surface area (Å²) >= 11 is 0. The van der Waals surface area contributed by atoms with E-state index in [1.165, 1.54) is 0 Å². The first-order valence-corrected chi connectivity index (χ1v) is 2.52. The molecule has 2 atom stereocenters. The minimum Gasteiger partial charge on any atom is -0.394 e. The van der Waals surface area contributed by atoms with Crippen LogP contribution in [0.25, 0.3) is 0 Å². The number of nitrogens with two attached hydrogens (primary N) is 1. The Labute approximate surface area is 56.8 Å². The van der Waals surface area contributed by atoms with Crippen LogP contribution in [-0.2, 0) is 9.68 Å². The molecule has 0 radical (unpaired) electrons. The van der Waals surface area contributed by atoms with Gasteiger partial charge in [-0.3, -0.25) is 10.1 Å². The third-order valence-corrected chi connectivity index (χ3v) is 0.931. The summed E-state index contributed by atoms with van der Waals surface area (Å²) in [5.41, 5.74) is 4.63. The van der Waals surface area contributed by atoms with Crippen LogP contribution in [0.5, 0.6) is 0 Å². The molecule has 0 saturated heterocycles. The van der Waals surface area contributed by atoms with Gasteiger partial charge in [0.1, 0.15) is 6.10 Å². The molecule has 0 rings (SSSR count). The molecule has 6 heteroatoms. The van der Waals surface area contributed by atoms with E-state index < -0.39 is 24.7 Å². The Hall–Kier alpha value is -0.690. The van der Waals surface area contributed by atoms with Crippen molar-refractivity contribution in [3.63, 3.8) is 0 Å². The lowest BCUT2D eigenvalue weighted by Crippen LogP contribution is -2.42. The number of rotatable bonds is 4. The van der Waals surface area contributed by atoms with Gasteiger partial charge in [-0.1, -0.05) is 0 Å². The van der Waals surface area contributed by atoms with Crippen molar-refractivity contribution >= 4 is 5.91 Å². The smallest absolute Gasteiger partial charge is 0.252 e. The first-order valence-electron chi connectivity index (χ1n) is 2.52. The Bertz CT molecular complexity index is 116. The van der Waals surface area contributed by atoms with Gasteiger partial charge in [0, 0.05) is 0 Å². The second kappa shape index (κ2) is 4.18. The van der Waals surface area contributed by atoms with Crippen molar-refractivity contribution in [3.8, 4) is 0 Å². The van der Waals surface area contributed by atoms with Crippen LogP contribution in [0.2, 0.25) is 0 Å². The van der Waals surface area contributed by atoms with E-state index in [1.807, 2.05) is 0 Å². The van der Waals surface area contributed by atoms with Crippen molar-refractivity contribution in [2.75, 3.05) is 6.61 Å². The maximum Gasteiger partial charge on any atom is 0.252 e. The molecule has 0 saturated carbocycles. The molecule has 6 nitrogen and oxygen atoms in total. The number of carbonyl (C=O) groups excluding carboxylic acids is 1. The minimum atomic E-state index is -1.56. The SMILES string of the molecule is NC(=O)C(OO)C(O)CO. The zero-order valence-corrected chi connectivity index (χ0v) is 5.10. The molecule has 0 aromatic rings. The molecule has 0 spiro atoms. The lowest BCUT2D eigenvalue weighted by atomic mass is 10.2. The highest BCUT2D eigenvalue weighted by Crippen LogP contribution is 1.95. The molecule has 0 bridgehead atoms. The first kappa shape index (κ1) is 9.31. The molecule has 1 amide bonds.